The van der Waals surface area contributed by atoms with Crippen molar-refractivity contribution in [2.45, 2.75) is 54.4 Å². The molecule has 0 aromatic carbocycles. The highest BCUT2D eigenvalue weighted by Crippen LogP contribution is 2.22. The Kier molecular flexibility index (Phi) is 12.9. The number of rotatable bonds is 6. The molecule has 0 saturated heterocycles. The molecule has 0 aromatic rings. The Hall–Kier alpha value is -0.940. The van der Waals surface area contributed by atoms with E-state index < -0.39 is 0 Å². The number of guanidine groups is 1. The molecule has 23 heavy (non-hydrogen) atoms. The topological polar surface area (TPSA) is 40.0 Å². The Morgan fingerprint density at radius 3 is 2.65 bits per heavy atom. The quantitative estimate of drug-likeness (QED) is 0.299. The first-order valence-electron chi connectivity index (χ1n) is 8.40. The van der Waals surface area contributed by atoms with E-state index in [-0.39, 0.29) is 0 Å². The summed E-state index contributed by atoms with van der Waals surface area (Å²) >= 11 is 7.57. The molecule has 0 bridgehead atoms. The van der Waals surface area contributed by atoms with Crippen molar-refractivity contribution < 1.29 is 0 Å². The Balaban J connectivity index is 0.00000232. The number of allylic oxidation sites excluding steroid dienone is 3. The second-order valence-corrected chi connectivity index (χ2v) is 6.24. The lowest BCUT2D eigenvalue weighted by atomic mass is 10.1. The largest absolute Gasteiger partial charge is 0.295 e. The van der Waals surface area contributed by atoms with Crippen LogP contribution in [0.15, 0.2) is 32.2 Å². The molecular weight excluding hydrogens is 328 g/mol. The third-order valence-electron chi connectivity index (χ3n) is 2.99. The fourth-order valence-electron chi connectivity index (χ4n) is 1.72. The van der Waals surface area contributed by atoms with Crippen molar-refractivity contribution in [2.75, 3.05) is 13.1 Å². The van der Waals surface area contributed by atoms with Crippen molar-refractivity contribution in [2.24, 2.45) is 16.0 Å². The first kappa shape index (κ1) is 22.1. The van der Waals surface area contributed by atoms with Crippen molar-refractivity contribution in [1.82, 2.24) is 9.73 Å². The minimum atomic E-state index is 0.504. The van der Waals surface area contributed by atoms with Gasteiger partial charge in [0, 0.05) is 28.6 Å². The Labute approximate surface area is 151 Å². The van der Waals surface area contributed by atoms with Crippen LogP contribution in [0.5, 0.6) is 0 Å². The Morgan fingerprint density at radius 1 is 1.48 bits per heavy atom. The first-order chi connectivity index (χ1) is 11.1. The summed E-state index contributed by atoms with van der Waals surface area (Å²) in [5.74, 6) is 1.30. The van der Waals surface area contributed by atoms with Crippen LogP contribution in [0.4, 0.5) is 0 Å². The van der Waals surface area contributed by atoms with Crippen molar-refractivity contribution in [1.29, 1.82) is 0 Å². The molecule has 1 aliphatic heterocycles. The minimum Gasteiger partial charge on any atom is -0.295 e. The molecule has 1 atom stereocenters. The molecule has 6 heteroatoms. The summed E-state index contributed by atoms with van der Waals surface area (Å²) in [6, 6.07) is 0. The molecule has 0 amide bonds. The molecule has 0 aromatic heterocycles. The van der Waals surface area contributed by atoms with Crippen LogP contribution in [-0.4, -0.2) is 30.3 Å². The number of nitrogens with one attached hydrogen (secondary N) is 1. The lowest BCUT2D eigenvalue weighted by molar-refractivity contribution is 0.431. The number of hydrogen-bond donors (Lipinski definition) is 1. The first-order valence-corrected chi connectivity index (χ1v) is 9.59. The smallest absolute Gasteiger partial charge is 0.225 e. The van der Waals surface area contributed by atoms with Crippen molar-refractivity contribution in [3.05, 3.63) is 22.1 Å². The summed E-state index contributed by atoms with van der Waals surface area (Å²) in [4.78, 5) is 5.58. The van der Waals surface area contributed by atoms with Gasteiger partial charge in [0.15, 0.2) is 0 Å². The zero-order chi connectivity index (χ0) is 17.7. The maximum absolute atomic E-state index is 6.10. The highest BCUT2D eigenvalue weighted by Gasteiger charge is 2.20. The SMILES string of the molecule is C/C=C\C(SNC(=NCCC)N1CC(CC)C=N1)=C(/C)Cl.CC. The van der Waals surface area contributed by atoms with Gasteiger partial charge in [0.25, 0.3) is 0 Å². The molecule has 1 unspecified atom stereocenters. The minimum absolute atomic E-state index is 0.504. The molecule has 0 radical (unpaired) electrons. The van der Waals surface area contributed by atoms with Gasteiger partial charge in [-0.2, -0.15) is 5.10 Å². The molecule has 1 aliphatic rings. The monoisotopic (exact) mass is 358 g/mol. The third-order valence-corrected chi connectivity index (χ3v) is 4.25. The predicted molar refractivity (Wildman–Crippen MR) is 107 cm³/mol. The van der Waals surface area contributed by atoms with Gasteiger partial charge in [-0.15, -0.1) is 0 Å². The van der Waals surface area contributed by atoms with Gasteiger partial charge in [0.05, 0.1) is 6.54 Å². The van der Waals surface area contributed by atoms with E-state index >= 15 is 0 Å². The fraction of sp³-hybridized carbons (Fsp3) is 0.647. The van der Waals surface area contributed by atoms with E-state index in [1.807, 2.05) is 51.1 Å². The van der Waals surface area contributed by atoms with Gasteiger partial charge in [-0.1, -0.05) is 45.4 Å². The lowest BCUT2D eigenvalue weighted by Crippen LogP contribution is -2.35. The van der Waals surface area contributed by atoms with Crippen LogP contribution < -0.4 is 4.72 Å². The third kappa shape index (κ3) is 8.47. The average Bonchev–Trinajstić information content (AvgIpc) is 3.04. The number of nitrogens with zero attached hydrogens (tertiary/aromatic N) is 3. The summed E-state index contributed by atoms with van der Waals surface area (Å²) in [5, 5.41) is 7.14. The summed E-state index contributed by atoms with van der Waals surface area (Å²) < 4.78 is 3.29. The number of halogens is 1. The van der Waals surface area contributed by atoms with E-state index in [0.29, 0.717) is 5.92 Å². The molecule has 1 heterocycles. The zero-order valence-corrected chi connectivity index (χ0v) is 16.8. The molecule has 1 N–H and O–H groups in total. The zero-order valence-electron chi connectivity index (χ0n) is 15.3. The van der Waals surface area contributed by atoms with Crippen molar-refractivity contribution >= 4 is 35.7 Å². The molecular formula is C17H31ClN4S. The van der Waals surface area contributed by atoms with Crippen molar-refractivity contribution in [3.63, 3.8) is 0 Å². The van der Waals surface area contributed by atoms with E-state index in [0.717, 1.165) is 41.8 Å². The number of hydrogen-bond acceptors (Lipinski definition) is 3. The average molecular weight is 359 g/mol. The molecule has 0 aliphatic carbocycles. The molecule has 0 spiro atoms. The number of aliphatic imine (C=N–C) groups is 1. The summed E-state index contributed by atoms with van der Waals surface area (Å²) in [6.45, 7) is 13.8. The van der Waals surface area contributed by atoms with Crippen LogP contribution in [0, 0.1) is 5.92 Å². The molecule has 4 nitrogen and oxygen atoms in total. The van der Waals surface area contributed by atoms with E-state index in [2.05, 4.69) is 28.7 Å². The van der Waals surface area contributed by atoms with Gasteiger partial charge in [-0.05, 0) is 44.7 Å². The maximum atomic E-state index is 6.10. The van der Waals surface area contributed by atoms with Gasteiger partial charge in [0.2, 0.25) is 5.96 Å². The van der Waals surface area contributed by atoms with Gasteiger partial charge in [-0.25, -0.2) is 5.01 Å². The van der Waals surface area contributed by atoms with Gasteiger partial charge in [0.1, 0.15) is 0 Å². The van der Waals surface area contributed by atoms with Crippen LogP contribution in [0.2, 0.25) is 0 Å². The number of hydrazone groups is 1. The lowest BCUT2D eigenvalue weighted by Gasteiger charge is -2.19. The summed E-state index contributed by atoms with van der Waals surface area (Å²) in [6.07, 6.45) is 8.07. The molecule has 0 fully saturated rings. The normalized spacial score (nSPS) is 18.8. The fourth-order valence-corrected chi connectivity index (χ4v) is 2.62. The predicted octanol–water partition coefficient (Wildman–Crippen LogP) is 5.39. The van der Waals surface area contributed by atoms with E-state index in [1.165, 1.54) is 11.9 Å². The van der Waals surface area contributed by atoms with Crippen LogP contribution in [0.3, 0.4) is 0 Å². The Morgan fingerprint density at radius 2 is 2.17 bits per heavy atom. The van der Waals surface area contributed by atoms with Crippen LogP contribution >= 0.6 is 23.5 Å². The Bertz CT molecular complexity index is 440. The highest BCUT2D eigenvalue weighted by atomic mass is 35.5. The van der Waals surface area contributed by atoms with Crippen molar-refractivity contribution in [3.8, 4) is 0 Å². The summed E-state index contributed by atoms with van der Waals surface area (Å²) in [7, 11) is 0. The highest BCUT2D eigenvalue weighted by molar-refractivity contribution is 8.02. The second-order valence-electron chi connectivity index (χ2n) is 4.82. The second kappa shape index (κ2) is 13.5. The maximum Gasteiger partial charge on any atom is 0.225 e. The van der Waals surface area contributed by atoms with Gasteiger partial charge < -0.3 is 0 Å². The summed E-state index contributed by atoms with van der Waals surface area (Å²) in [5.41, 5.74) is 0. The van der Waals surface area contributed by atoms with Crippen LogP contribution in [0.1, 0.15) is 54.4 Å². The van der Waals surface area contributed by atoms with E-state index in [1.54, 1.807) is 0 Å². The van der Waals surface area contributed by atoms with E-state index in [4.69, 9.17) is 11.6 Å². The van der Waals surface area contributed by atoms with Gasteiger partial charge in [-0.3, -0.25) is 9.71 Å². The van der Waals surface area contributed by atoms with E-state index in [9.17, 15) is 0 Å². The molecule has 0 saturated carbocycles. The van der Waals surface area contributed by atoms with Crippen LogP contribution in [-0.2, 0) is 0 Å². The van der Waals surface area contributed by atoms with Crippen LogP contribution in [0.25, 0.3) is 0 Å². The molecule has 132 valence electrons. The molecule has 1 rings (SSSR count). The van der Waals surface area contributed by atoms with Gasteiger partial charge >= 0.3 is 0 Å². The standard InChI is InChI=1S/C15H25ClN4S.C2H6/c1-5-8-14(12(4)16)21-19-15(17-9-6-2)20-11-13(7-3)10-18-20;1-2/h5,8,10,13H,6-7,9,11H2,1-4H3,(H,17,19);1-2H3/b8-5-,14-12-;.